The predicted molar refractivity (Wildman–Crippen MR) is 319 cm³/mol. The zero-order chi connectivity index (χ0) is 57.1. The molecule has 0 rings (SSSR count). The van der Waals surface area contributed by atoms with Crippen molar-refractivity contribution in [1.29, 1.82) is 0 Å². The van der Waals surface area contributed by atoms with Crippen LogP contribution in [0.3, 0.4) is 0 Å². The highest BCUT2D eigenvalue weighted by atomic mass is 15.3. The molecule has 0 bridgehead atoms. The summed E-state index contributed by atoms with van der Waals surface area (Å²) >= 11 is 0. The van der Waals surface area contributed by atoms with Gasteiger partial charge in [-0.15, -0.1) is 5.73 Å². The Balaban J connectivity index is -0.000000402. The molecule has 0 radical (unpaired) electrons. The Morgan fingerprint density at radius 2 is 0.706 bits per heavy atom. The molecule has 0 saturated carbocycles. The second-order valence-electron chi connectivity index (χ2n) is 33.7. The summed E-state index contributed by atoms with van der Waals surface area (Å²) in [5.74, 6) is 0. The van der Waals surface area contributed by atoms with Crippen LogP contribution in [0.1, 0.15) is 311 Å². The zero-order valence-electron chi connectivity index (χ0n) is 56.3. The van der Waals surface area contributed by atoms with Crippen molar-refractivity contribution in [3.05, 3.63) is 29.0 Å². The third-order valence-corrected chi connectivity index (χ3v) is 21.9. The fraction of sp³-hybridized carbons (Fsp3) is 0.925. The van der Waals surface area contributed by atoms with E-state index in [0.717, 1.165) is 13.0 Å². The molecule has 1 atom stereocenters. The van der Waals surface area contributed by atoms with Crippen molar-refractivity contribution in [2.75, 3.05) is 6.54 Å². The van der Waals surface area contributed by atoms with E-state index >= 15 is 0 Å². The summed E-state index contributed by atoms with van der Waals surface area (Å²) in [6.07, 6.45) is 2.39. The van der Waals surface area contributed by atoms with E-state index in [4.69, 9.17) is 0 Å². The zero-order valence-corrected chi connectivity index (χ0v) is 56.3. The van der Waals surface area contributed by atoms with Crippen LogP contribution in [0, 0.1) is 75.8 Å². The van der Waals surface area contributed by atoms with Crippen molar-refractivity contribution < 1.29 is 0 Å². The Morgan fingerprint density at radius 3 is 0.882 bits per heavy atom. The first-order valence-corrected chi connectivity index (χ1v) is 27.7. The number of rotatable bonds is 10. The van der Waals surface area contributed by atoms with Gasteiger partial charge in [-0.2, -0.15) is 0 Å². The van der Waals surface area contributed by atoms with Crippen LogP contribution >= 0.6 is 0 Å². The van der Waals surface area contributed by atoms with Crippen molar-refractivity contribution in [1.82, 2.24) is 4.90 Å². The van der Waals surface area contributed by atoms with E-state index in [-0.39, 0.29) is 59.8 Å². The van der Waals surface area contributed by atoms with Crippen molar-refractivity contribution in [2.45, 2.75) is 322 Å². The highest BCUT2D eigenvalue weighted by molar-refractivity contribution is 5.25. The number of hydrogen-bond acceptors (Lipinski definition) is 1. The summed E-state index contributed by atoms with van der Waals surface area (Å²) in [6, 6.07) is 0. The third kappa shape index (κ3) is 16.1. The first-order chi connectivity index (χ1) is 28.8. The topological polar surface area (TPSA) is 3.24 Å². The average Bonchev–Trinajstić information content (AvgIpc) is 3.04. The summed E-state index contributed by atoms with van der Waals surface area (Å²) < 4.78 is 0. The first kappa shape index (κ1) is 73.8. The van der Waals surface area contributed by atoms with Crippen molar-refractivity contribution >= 4 is 0 Å². The molecule has 0 N–H and O–H groups in total. The van der Waals surface area contributed by atoms with E-state index in [1.54, 1.807) is 11.1 Å². The van der Waals surface area contributed by atoms with Gasteiger partial charge in [0.15, 0.2) is 0 Å². The van der Waals surface area contributed by atoms with Crippen LogP contribution in [0.15, 0.2) is 29.0 Å². The largest absolute Gasteiger partial charge is 0.293 e. The van der Waals surface area contributed by atoms with Gasteiger partial charge >= 0.3 is 0 Å². The van der Waals surface area contributed by atoms with Gasteiger partial charge in [-0.3, -0.25) is 4.90 Å². The predicted octanol–water partition coefficient (Wildman–Crippen LogP) is 23.2. The van der Waals surface area contributed by atoms with Gasteiger partial charge in [0.05, 0.1) is 0 Å². The highest BCUT2D eigenvalue weighted by Gasteiger charge is 2.58. The van der Waals surface area contributed by atoms with Crippen LogP contribution < -0.4 is 0 Å². The molecule has 0 aliphatic rings. The molecular weight excluding hydrogens is 819 g/mol. The molecule has 0 aliphatic carbocycles. The van der Waals surface area contributed by atoms with Crippen LogP contribution in [0.25, 0.3) is 0 Å². The van der Waals surface area contributed by atoms with Gasteiger partial charge in [-0.05, 0) is 142 Å². The minimum absolute atomic E-state index is 0.0747. The standard InChI is InChI=1S/C18H38.C17H32.C16H35N.C16H32/c1-13-18(12,15(5,6)7)17(10,11)16(8,9)14(2,3)4;1-12-13(14(2,3)4)16(8,9)17(10,11)15(5,6)7;1-12-17(14(5,6)7)16(10,11)15(8,9)13(2,3)4;1-11-13(14(3,4)5)12(2)16(9,10)15(6,7)8/h13H2,1-12H3;1H2,2-11H3;12H2,1-11H3;11H2,1-10H3/b;;;13-12-. The van der Waals surface area contributed by atoms with Gasteiger partial charge in [-0.1, -0.05) is 274 Å². The summed E-state index contributed by atoms with van der Waals surface area (Å²) in [7, 11) is 0. The highest BCUT2D eigenvalue weighted by Crippen LogP contribution is 2.65. The minimum atomic E-state index is 0.0747. The monoisotopic (exact) mass is 956 g/mol. The summed E-state index contributed by atoms with van der Waals surface area (Å²) in [5, 5.41) is 0. The molecule has 0 aliphatic heterocycles. The van der Waals surface area contributed by atoms with Gasteiger partial charge in [0.1, 0.15) is 0 Å². The summed E-state index contributed by atoms with van der Waals surface area (Å²) in [6.45, 7) is 106. The summed E-state index contributed by atoms with van der Waals surface area (Å²) in [5.41, 5.74) is 11.6. The molecular formula is C67H137N. The quantitative estimate of drug-likeness (QED) is 0.156. The second-order valence-corrected chi connectivity index (χ2v) is 33.7. The average molecular weight is 957 g/mol. The molecule has 410 valence electrons. The van der Waals surface area contributed by atoms with E-state index in [9.17, 15) is 0 Å². The van der Waals surface area contributed by atoms with E-state index in [1.807, 2.05) is 0 Å². The molecule has 1 nitrogen and oxygen atoms in total. The van der Waals surface area contributed by atoms with Crippen LogP contribution in [-0.2, 0) is 0 Å². The maximum Gasteiger partial charge on any atom is 0.0214 e. The van der Waals surface area contributed by atoms with E-state index in [0.29, 0.717) is 27.1 Å². The van der Waals surface area contributed by atoms with Crippen LogP contribution in [0.4, 0.5) is 0 Å². The number of nitrogens with zero attached hydrogens (tertiary/aromatic N) is 1. The number of hydrogen-bond donors (Lipinski definition) is 0. The van der Waals surface area contributed by atoms with E-state index < -0.39 is 0 Å². The van der Waals surface area contributed by atoms with Gasteiger partial charge in [0.2, 0.25) is 0 Å². The molecule has 0 aromatic rings. The normalized spacial score (nSPS) is 16.2. The van der Waals surface area contributed by atoms with Crippen molar-refractivity contribution in [3.8, 4) is 0 Å². The Labute approximate surface area is 436 Å². The fourth-order valence-electron chi connectivity index (χ4n) is 11.5. The van der Waals surface area contributed by atoms with Gasteiger partial charge in [0.25, 0.3) is 0 Å². The molecule has 0 amide bonds. The fourth-order valence-corrected chi connectivity index (χ4v) is 11.5. The lowest BCUT2D eigenvalue weighted by Gasteiger charge is -2.63. The summed E-state index contributed by atoms with van der Waals surface area (Å²) in [4.78, 5) is 2.63. The lowest BCUT2D eigenvalue weighted by molar-refractivity contribution is -0.143. The van der Waals surface area contributed by atoms with Gasteiger partial charge < -0.3 is 0 Å². The molecule has 0 aromatic carbocycles. The Morgan fingerprint density at radius 1 is 0.382 bits per heavy atom. The third-order valence-electron chi connectivity index (χ3n) is 21.9. The molecule has 0 spiro atoms. The molecule has 0 aromatic heterocycles. The van der Waals surface area contributed by atoms with E-state index in [1.165, 1.54) is 12.0 Å². The van der Waals surface area contributed by atoms with Gasteiger partial charge in [-0.25, -0.2) is 0 Å². The van der Waals surface area contributed by atoms with Crippen LogP contribution in [-0.4, -0.2) is 22.5 Å². The maximum absolute atomic E-state index is 3.93. The maximum atomic E-state index is 3.93. The molecule has 0 saturated heterocycles. The Kier molecular flexibility index (Phi) is 24.7. The first-order valence-electron chi connectivity index (χ1n) is 27.7. The Bertz CT molecular complexity index is 1610. The minimum Gasteiger partial charge on any atom is -0.293 e. The van der Waals surface area contributed by atoms with Crippen LogP contribution in [0.2, 0.25) is 0 Å². The van der Waals surface area contributed by atoms with Crippen LogP contribution in [0.5, 0.6) is 0 Å². The second kappa shape index (κ2) is 22.8. The smallest absolute Gasteiger partial charge is 0.0214 e. The molecule has 0 heterocycles. The lowest BCUT2D eigenvalue weighted by atomic mass is 9.42. The molecule has 1 heteroatoms. The van der Waals surface area contributed by atoms with E-state index in [2.05, 4.69) is 315 Å². The van der Waals surface area contributed by atoms with Crippen molar-refractivity contribution in [3.63, 3.8) is 0 Å². The molecule has 1 unspecified atom stereocenters. The number of allylic oxidation sites excluding steroid dienone is 3. The SMILES string of the molecule is C=C=C(C(C)(C)C)C(C)(C)C(C)(C)C(C)(C)C.CC/C(=C(\C)C(C)(C)C(C)(C)C)C(C)(C)C.CCC(C)(C(C)(C)C)C(C)(C)C(C)(C)C(C)(C)C.CCN(C(C)(C)C)C(C)(C)C(C)(C)C(C)(C)C. The Hall–Kier alpha value is -0.780. The molecule has 0 fully saturated rings. The van der Waals surface area contributed by atoms with Gasteiger partial charge in [0, 0.05) is 11.1 Å². The lowest BCUT2D eigenvalue weighted by Crippen LogP contribution is -2.63. The van der Waals surface area contributed by atoms with Crippen molar-refractivity contribution in [2.24, 2.45) is 75.8 Å². The molecule has 68 heavy (non-hydrogen) atoms.